The quantitative estimate of drug-likeness (QED) is 0.838. The molecule has 1 aliphatic carbocycles. The Kier molecular flexibility index (Phi) is 3.09. The summed E-state index contributed by atoms with van der Waals surface area (Å²) >= 11 is 0. The van der Waals surface area contributed by atoms with Crippen molar-refractivity contribution in [3.8, 4) is 0 Å². The van der Waals surface area contributed by atoms with Gasteiger partial charge in [-0.15, -0.1) is 0 Å². The summed E-state index contributed by atoms with van der Waals surface area (Å²) in [5.74, 6) is -0.0428. The molecule has 17 heavy (non-hydrogen) atoms. The summed E-state index contributed by atoms with van der Waals surface area (Å²) in [5, 5.41) is 6.11. The normalized spacial score (nSPS) is 18.3. The molecule has 2 N–H and O–H groups in total. The van der Waals surface area contributed by atoms with Crippen LogP contribution in [0.3, 0.4) is 0 Å². The van der Waals surface area contributed by atoms with Crippen LogP contribution in [-0.4, -0.2) is 19.0 Å². The molecule has 1 amide bonds. The third-order valence-corrected chi connectivity index (χ3v) is 3.84. The van der Waals surface area contributed by atoms with Gasteiger partial charge >= 0.3 is 0 Å². The van der Waals surface area contributed by atoms with Crippen molar-refractivity contribution in [1.82, 2.24) is 5.32 Å². The van der Waals surface area contributed by atoms with Crippen molar-refractivity contribution in [1.29, 1.82) is 0 Å². The average molecular weight is 232 g/mol. The van der Waals surface area contributed by atoms with Crippen LogP contribution < -0.4 is 10.6 Å². The standard InChI is InChI=1S/C14H20N2O/c1-10(14(2)8-9-14)16-12-6-4-11(5-7-12)13(17)15-3/h4-7,10,16H,8-9H2,1-3H3,(H,15,17). The van der Waals surface area contributed by atoms with Gasteiger partial charge in [-0.2, -0.15) is 0 Å². The first kappa shape index (κ1) is 12.0. The molecular formula is C14H20N2O. The Bertz CT molecular complexity index is 407. The van der Waals surface area contributed by atoms with Gasteiger partial charge in [-0.05, 0) is 49.4 Å². The first-order chi connectivity index (χ1) is 8.05. The van der Waals surface area contributed by atoms with E-state index in [-0.39, 0.29) is 5.91 Å². The second-order valence-electron chi connectivity index (χ2n) is 5.18. The predicted octanol–water partition coefficient (Wildman–Crippen LogP) is 2.65. The third-order valence-electron chi connectivity index (χ3n) is 3.84. The molecule has 1 fully saturated rings. The Morgan fingerprint density at radius 3 is 2.35 bits per heavy atom. The topological polar surface area (TPSA) is 41.1 Å². The van der Waals surface area contributed by atoms with Crippen LogP contribution in [0.4, 0.5) is 5.69 Å². The van der Waals surface area contributed by atoms with E-state index in [0.717, 1.165) is 5.69 Å². The SMILES string of the molecule is CNC(=O)c1ccc(NC(C)C2(C)CC2)cc1. The van der Waals surface area contributed by atoms with Crippen LogP contribution in [0, 0.1) is 5.41 Å². The Morgan fingerprint density at radius 1 is 1.29 bits per heavy atom. The smallest absolute Gasteiger partial charge is 0.251 e. The zero-order chi connectivity index (χ0) is 12.5. The zero-order valence-corrected chi connectivity index (χ0v) is 10.7. The van der Waals surface area contributed by atoms with Gasteiger partial charge in [0.15, 0.2) is 0 Å². The maximum atomic E-state index is 11.4. The molecule has 1 unspecified atom stereocenters. The fourth-order valence-corrected chi connectivity index (χ4v) is 1.92. The monoisotopic (exact) mass is 232 g/mol. The number of carbonyl (C=O) groups is 1. The molecule has 92 valence electrons. The average Bonchev–Trinajstić information content (AvgIpc) is 3.09. The lowest BCUT2D eigenvalue weighted by Crippen LogP contribution is -2.25. The third kappa shape index (κ3) is 2.60. The number of nitrogens with one attached hydrogen (secondary N) is 2. The highest BCUT2D eigenvalue weighted by Gasteiger charge is 2.42. The number of rotatable bonds is 4. The number of hydrogen-bond acceptors (Lipinski definition) is 2. The lowest BCUT2D eigenvalue weighted by molar-refractivity contribution is 0.0963. The molecule has 0 aliphatic heterocycles. The fraction of sp³-hybridized carbons (Fsp3) is 0.500. The summed E-state index contributed by atoms with van der Waals surface area (Å²) in [5.41, 5.74) is 2.24. The molecule has 0 radical (unpaired) electrons. The van der Waals surface area contributed by atoms with Gasteiger partial charge < -0.3 is 10.6 Å². The van der Waals surface area contributed by atoms with Gasteiger partial charge in [0.25, 0.3) is 5.91 Å². The van der Waals surface area contributed by atoms with Crippen LogP contribution in [0.2, 0.25) is 0 Å². The second-order valence-corrected chi connectivity index (χ2v) is 5.18. The van der Waals surface area contributed by atoms with Gasteiger partial charge in [-0.3, -0.25) is 4.79 Å². The fourth-order valence-electron chi connectivity index (χ4n) is 1.92. The molecule has 0 heterocycles. The number of hydrogen-bond donors (Lipinski definition) is 2. The first-order valence-electron chi connectivity index (χ1n) is 6.14. The minimum atomic E-state index is -0.0428. The number of carbonyl (C=O) groups excluding carboxylic acids is 1. The van der Waals surface area contributed by atoms with E-state index >= 15 is 0 Å². The van der Waals surface area contributed by atoms with Gasteiger partial charge in [0, 0.05) is 24.3 Å². The lowest BCUT2D eigenvalue weighted by atomic mass is 10.0. The van der Waals surface area contributed by atoms with Crippen LogP contribution in [0.25, 0.3) is 0 Å². The van der Waals surface area contributed by atoms with E-state index in [1.807, 2.05) is 24.3 Å². The van der Waals surface area contributed by atoms with Crippen LogP contribution in [0.5, 0.6) is 0 Å². The molecule has 0 saturated heterocycles. The molecule has 2 rings (SSSR count). The van der Waals surface area contributed by atoms with E-state index in [4.69, 9.17) is 0 Å². The molecule has 0 spiro atoms. The van der Waals surface area contributed by atoms with Gasteiger partial charge in [-0.25, -0.2) is 0 Å². The molecule has 0 aromatic heterocycles. The molecule has 1 saturated carbocycles. The summed E-state index contributed by atoms with van der Waals surface area (Å²) in [4.78, 5) is 11.4. The van der Waals surface area contributed by atoms with Crippen molar-refractivity contribution >= 4 is 11.6 Å². The maximum Gasteiger partial charge on any atom is 0.251 e. The van der Waals surface area contributed by atoms with Crippen LogP contribution >= 0.6 is 0 Å². The van der Waals surface area contributed by atoms with Gasteiger partial charge in [0.1, 0.15) is 0 Å². The van der Waals surface area contributed by atoms with E-state index in [1.165, 1.54) is 12.8 Å². The molecule has 1 aliphatic rings. The van der Waals surface area contributed by atoms with Crippen molar-refractivity contribution in [3.63, 3.8) is 0 Å². The van der Waals surface area contributed by atoms with E-state index < -0.39 is 0 Å². The Hall–Kier alpha value is -1.51. The second kappa shape index (κ2) is 4.40. The van der Waals surface area contributed by atoms with E-state index in [2.05, 4.69) is 24.5 Å². The van der Waals surface area contributed by atoms with Gasteiger partial charge in [0.05, 0.1) is 0 Å². The summed E-state index contributed by atoms with van der Waals surface area (Å²) in [6.07, 6.45) is 2.61. The summed E-state index contributed by atoms with van der Waals surface area (Å²) in [6, 6.07) is 8.11. The highest BCUT2D eigenvalue weighted by molar-refractivity contribution is 5.94. The Balaban J connectivity index is 2.00. The summed E-state index contributed by atoms with van der Waals surface area (Å²) < 4.78 is 0. The van der Waals surface area contributed by atoms with Gasteiger partial charge in [0.2, 0.25) is 0 Å². The predicted molar refractivity (Wildman–Crippen MR) is 70.3 cm³/mol. The largest absolute Gasteiger partial charge is 0.382 e. The molecule has 3 nitrogen and oxygen atoms in total. The molecule has 3 heteroatoms. The number of benzene rings is 1. The highest BCUT2D eigenvalue weighted by Crippen LogP contribution is 2.48. The number of anilines is 1. The molecule has 1 aromatic rings. The van der Waals surface area contributed by atoms with Crippen molar-refractivity contribution < 1.29 is 4.79 Å². The van der Waals surface area contributed by atoms with Crippen molar-refractivity contribution in [2.24, 2.45) is 5.41 Å². The minimum absolute atomic E-state index is 0.0428. The molecule has 1 aromatic carbocycles. The lowest BCUT2D eigenvalue weighted by Gasteiger charge is -2.21. The molecule has 1 atom stereocenters. The van der Waals surface area contributed by atoms with Gasteiger partial charge in [-0.1, -0.05) is 6.92 Å². The summed E-state index contributed by atoms with van der Waals surface area (Å²) in [6.45, 7) is 4.53. The minimum Gasteiger partial charge on any atom is -0.382 e. The zero-order valence-electron chi connectivity index (χ0n) is 10.7. The molecule has 0 bridgehead atoms. The van der Waals surface area contributed by atoms with Crippen molar-refractivity contribution in [3.05, 3.63) is 29.8 Å². The van der Waals surface area contributed by atoms with Crippen molar-refractivity contribution in [2.45, 2.75) is 32.7 Å². The first-order valence-corrected chi connectivity index (χ1v) is 6.14. The summed E-state index contributed by atoms with van der Waals surface area (Å²) in [7, 11) is 1.64. The Morgan fingerprint density at radius 2 is 1.88 bits per heavy atom. The van der Waals surface area contributed by atoms with Crippen LogP contribution in [-0.2, 0) is 0 Å². The van der Waals surface area contributed by atoms with E-state index in [1.54, 1.807) is 7.05 Å². The van der Waals surface area contributed by atoms with E-state index in [0.29, 0.717) is 17.0 Å². The van der Waals surface area contributed by atoms with Crippen molar-refractivity contribution in [2.75, 3.05) is 12.4 Å². The maximum absolute atomic E-state index is 11.4. The van der Waals surface area contributed by atoms with E-state index in [9.17, 15) is 4.79 Å². The number of amides is 1. The Labute approximate surface area is 103 Å². The molecular weight excluding hydrogens is 212 g/mol. The van der Waals surface area contributed by atoms with Crippen LogP contribution in [0.1, 0.15) is 37.0 Å². The van der Waals surface area contributed by atoms with Crippen LogP contribution in [0.15, 0.2) is 24.3 Å². The highest BCUT2D eigenvalue weighted by atomic mass is 16.1.